The molecule has 0 radical (unpaired) electrons. The van der Waals surface area contributed by atoms with Gasteiger partial charge >= 0.3 is 0 Å². The molecule has 1 aliphatic carbocycles. The van der Waals surface area contributed by atoms with Crippen molar-refractivity contribution in [3.05, 3.63) is 41.6 Å². The van der Waals surface area contributed by atoms with Crippen molar-refractivity contribution in [3.8, 4) is 0 Å². The number of hydrogen-bond acceptors (Lipinski definition) is 2. The molecule has 2 heterocycles. The van der Waals surface area contributed by atoms with E-state index in [0.717, 1.165) is 31.6 Å². The number of piperidine rings is 1. The van der Waals surface area contributed by atoms with Gasteiger partial charge in [0.1, 0.15) is 0 Å². The van der Waals surface area contributed by atoms with E-state index >= 15 is 0 Å². The molecule has 4 heteroatoms. The molecule has 1 fully saturated rings. The van der Waals surface area contributed by atoms with E-state index in [9.17, 15) is 4.79 Å². The van der Waals surface area contributed by atoms with Gasteiger partial charge in [-0.2, -0.15) is 0 Å². The molecule has 24 heavy (non-hydrogen) atoms. The lowest BCUT2D eigenvalue weighted by molar-refractivity contribution is -0.119. The number of rotatable bonds is 4. The number of benzene rings is 1. The van der Waals surface area contributed by atoms with Crippen LogP contribution in [0.2, 0.25) is 0 Å². The number of carbonyl (C=O) groups excluding carboxylic acids is 1. The van der Waals surface area contributed by atoms with E-state index in [1.54, 1.807) is 0 Å². The van der Waals surface area contributed by atoms with E-state index in [4.69, 9.17) is 5.73 Å². The minimum absolute atomic E-state index is 0.181. The SMILES string of the molecule is C=Cc1[nH]c2cccc3c2c1C[C@@H]1[C@@H]3C[C@@H](CC(N)=O)CN1CC. The standard InChI is InChI=1S/C20H25N3O/c1-3-16-15-10-18-14(13-6-5-7-17(22-16)20(13)15)8-12(9-19(21)24)11-23(18)4-2/h3,5-7,12,14,18,22H,1,4,8-11H2,2H3,(H2,21,24)/t12-,14+,18+/m0/s1. The molecular formula is C20H25N3O. The maximum Gasteiger partial charge on any atom is 0.217 e. The van der Waals surface area contributed by atoms with Crippen LogP contribution >= 0.6 is 0 Å². The van der Waals surface area contributed by atoms with Gasteiger partial charge in [-0.25, -0.2) is 0 Å². The molecule has 0 spiro atoms. The molecule has 2 aromatic rings. The smallest absolute Gasteiger partial charge is 0.217 e. The number of likely N-dealkylation sites (tertiary alicyclic amines) is 1. The molecule has 126 valence electrons. The number of aromatic nitrogens is 1. The lowest BCUT2D eigenvalue weighted by atomic mass is 9.71. The van der Waals surface area contributed by atoms with Crippen molar-refractivity contribution in [1.82, 2.24) is 9.88 Å². The Labute approximate surface area is 142 Å². The average Bonchev–Trinajstić information content (AvgIpc) is 2.93. The molecule has 1 aromatic carbocycles. The van der Waals surface area contributed by atoms with Gasteiger partial charge in [-0.15, -0.1) is 0 Å². The third-order valence-corrected chi connectivity index (χ3v) is 5.92. The molecule has 1 amide bonds. The second-order valence-electron chi connectivity index (χ2n) is 7.23. The Morgan fingerprint density at radius 3 is 3.04 bits per heavy atom. The van der Waals surface area contributed by atoms with Gasteiger partial charge in [-0.05, 0) is 48.6 Å². The zero-order valence-corrected chi connectivity index (χ0v) is 14.2. The largest absolute Gasteiger partial charge is 0.370 e. The molecule has 0 unspecified atom stereocenters. The van der Waals surface area contributed by atoms with Crippen LogP contribution in [0.15, 0.2) is 24.8 Å². The maximum absolute atomic E-state index is 11.4. The van der Waals surface area contributed by atoms with Crippen LogP contribution in [0.4, 0.5) is 0 Å². The Morgan fingerprint density at radius 1 is 1.50 bits per heavy atom. The first kappa shape index (κ1) is 15.5. The van der Waals surface area contributed by atoms with Crippen LogP contribution in [0.25, 0.3) is 17.0 Å². The average molecular weight is 323 g/mol. The lowest BCUT2D eigenvalue weighted by Crippen LogP contribution is -2.50. The second kappa shape index (κ2) is 5.78. The highest BCUT2D eigenvalue weighted by molar-refractivity contribution is 5.91. The molecule has 1 saturated heterocycles. The summed E-state index contributed by atoms with van der Waals surface area (Å²) in [5.74, 6) is 0.658. The minimum Gasteiger partial charge on any atom is -0.370 e. The van der Waals surface area contributed by atoms with E-state index < -0.39 is 0 Å². The molecular weight excluding hydrogens is 298 g/mol. The van der Waals surface area contributed by atoms with Crippen molar-refractivity contribution in [2.75, 3.05) is 13.1 Å². The molecule has 4 rings (SSSR count). The summed E-state index contributed by atoms with van der Waals surface area (Å²) in [6.07, 6.45) is 4.54. The molecule has 0 bridgehead atoms. The topological polar surface area (TPSA) is 62.1 Å². The van der Waals surface area contributed by atoms with Crippen LogP contribution in [0.3, 0.4) is 0 Å². The van der Waals surface area contributed by atoms with Crippen molar-refractivity contribution in [1.29, 1.82) is 0 Å². The first-order valence-corrected chi connectivity index (χ1v) is 8.90. The lowest BCUT2D eigenvalue weighted by Gasteiger charge is -2.47. The quantitative estimate of drug-likeness (QED) is 0.908. The van der Waals surface area contributed by atoms with Crippen molar-refractivity contribution in [2.24, 2.45) is 11.7 Å². The van der Waals surface area contributed by atoms with Crippen LogP contribution in [0, 0.1) is 5.92 Å². The van der Waals surface area contributed by atoms with Gasteiger partial charge in [0, 0.05) is 41.5 Å². The summed E-state index contributed by atoms with van der Waals surface area (Å²) in [7, 11) is 0. The van der Waals surface area contributed by atoms with Crippen molar-refractivity contribution in [3.63, 3.8) is 0 Å². The number of hydrogen-bond donors (Lipinski definition) is 2. The number of nitrogens with two attached hydrogens (primary N) is 1. The number of carbonyl (C=O) groups is 1. The summed E-state index contributed by atoms with van der Waals surface area (Å²) in [6, 6.07) is 7.06. The van der Waals surface area contributed by atoms with E-state index in [2.05, 4.69) is 41.6 Å². The van der Waals surface area contributed by atoms with Gasteiger partial charge in [0.05, 0.1) is 0 Å². The van der Waals surface area contributed by atoms with Crippen LogP contribution in [0.5, 0.6) is 0 Å². The van der Waals surface area contributed by atoms with Crippen molar-refractivity contribution < 1.29 is 4.79 Å². The fourth-order valence-corrected chi connectivity index (χ4v) is 4.98. The molecule has 3 N–H and O–H groups in total. The zero-order valence-electron chi connectivity index (χ0n) is 14.2. The Hall–Kier alpha value is -2.07. The number of amides is 1. The molecule has 3 atom stereocenters. The Bertz CT molecular complexity index is 807. The Morgan fingerprint density at radius 2 is 2.33 bits per heavy atom. The predicted molar refractivity (Wildman–Crippen MR) is 97.8 cm³/mol. The van der Waals surface area contributed by atoms with Gasteiger partial charge in [-0.1, -0.05) is 25.6 Å². The highest BCUT2D eigenvalue weighted by atomic mass is 16.1. The highest BCUT2D eigenvalue weighted by Crippen LogP contribution is 2.46. The third-order valence-electron chi connectivity index (χ3n) is 5.92. The Kier molecular flexibility index (Phi) is 3.72. The molecule has 4 nitrogen and oxygen atoms in total. The van der Waals surface area contributed by atoms with Gasteiger partial charge in [-0.3, -0.25) is 9.69 Å². The van der Waals surface area contributed by atoms with E-state index in [1.807, 2.05) is 6.08 Å². The number of primary amides is 1. The van der Waals surface area contributed by atoms with Gasteiger partial charge in [0.15, 0.2) is 0 Å². The summed E-state index contributed by atoms with van der Waals surface area (Å²) in [5, 5.41) is 1.38. The number of aromatic amines is 1. The highest BCUT2D eigenvalue weighted by Gasteiger charge is 2.41. The molecule has 0 saturated carbocycles. The maximum atomic E-state index is 11.4. The van der Waals surface area contributed by atoms with E-state index in [-0.39, 0.29) is 5.91 Å². The van der Waals surface area contributed by atoms with E-state index in [0.29, 0.717) is 24.3 Å². The number of H-pyrrole nitrogens is 1. The number of likely N-dealkylation sites (N-methyl/N-ethyl adjacent to an activating group) is 1. The monoisotopic (exact) mass is 323 g/mol. The zero-order chi connectivity index (χ0) is 16.8. The predicted octanol–water partition coefficient (Wildman–Crippen LogP) is 3.04. The third kappa shape index (κ3) is 2.28. The molecule has 1 aromatic heterocycles. The second-order valence-corrected chi connectivity index (χ2v) is 7.23. The summed E-state index contributed by atoms with van der Waals surface area (Å²) in [5.41, 5.74) is 10.7. The summed E-state index contributed by atoms with van der Waals surface area (Å²) in [4.78, 5) is 17.5. The first-order valence-electron chi connectivity index (χ1n) is 8.90. The summed E-state index contributed by atoms with van der Waals surface area (Å²) >= 11 is 0. The van der Waals surface area contributed by atoms with E-state index in [1.165, 1.54) is 22.0 Å². The fourth-order valence-electron chi connectivity index (χ4n) is 4.98. The normalized spacial score (nSPS) is 26.3. The van der Waals surface area contributed by atoms with Crippen molar-refractivity contribution >= 4 is 22.9 Å². The fraction of sp³-hybridized carbons (Fsp3) is 0.450. The van der Waals surface area contributed by atoms with Gasteiger partial charge in [0.2, 0.25) is 5.91 Å². The summed E-state index contributed by atoms with van der Waals surface area (Å²) < 4.78 is 0. The number of nitrogens with one attached hydrogen (secondary N) is 1. The number of nitrogens with zero attached hydrogens (tertiary/aromatic N) is 1. The minimum atomic E-state index is -0.181. The Balaban J connectivity index is 1.81. The molecule has 1 aliphatic heterocycles. The van der Waals surface area contributed by atoms with Crippen LogP contribution in [-0.4, -0.2) is 34.9 Å². The summed E-state index contributed by atoms with van der Waals surface area (Å²) in [6.45, 7) is 8.18. The van der Waals surface area contributed by atoms with Crippen LogP contribution < -0.4 is 5.73 Å². The number of fused-ring (bicyclic) bond motifs is 2. The van der Waals surface area contributed by atoms with Crippen molar-refractivity contribution in [2.45, 2.75) is 38.1 Å². The molecule has 2 aliphatic rings. The van der Waals surface area contributed by atoms with Gasteiger partial charge < -0.3 is 10.7 Å². The van der Waals surface area contributed by atoms with Gasteiger partial charge in [0.25, 0.3) is 0 Å². The van der Waals surface area contributed by atoms with Crippen LogP contribution in [-0.2, 0) is 11.2 Å². The van der Waals surface area contributed by atoms with Crippen LogP contribution in [0.1, 0.15) is 42.5 Å². The first-order chi connectivity index (χ1) is 11.6.